The van der Waals surface area contributed by atoms with Crippen LogP contribution in [0.1, 0.15) is 27.6 Å². The first-order valence-corrected chi connectivity index (χ1v) is 6.97. The molecule has 1 heterocycles. The first-order chi connectivity index (χ1) is 9.54. The van der Waals surface area contributed by atoms with Crippen LogP contribution in [0.3, 0.4) is 0 Å². The fourth-order valence-electron chi connectivity index (χ4n) is 1.85. The highest BCUT2D eigenvalue weighted by atomic mass is 32.1. The van der Waals surface area contributed by atoms with Gasteiger partial charge in [-0.05, 0) is 25.0 Å². The molecule has 102 valence electrons. The number of nitriles is 1. The second-order valence-electron chi connectivity index (χ2n) is 4.48. The van der Waals surface area contributed by atoms with Crippen molar-refractivity contribution >= 4 is 22.2 Å². The molecule has 5 heteroatoms. The third-order valence-electron chi connectivity index (χ3n) is 3.18. The Bertz CT molecular complexity index is 670. The molecule has 0 fully saturated rings. The van der Waals surface area contributed by atoms with Crippen molar-refractivity contribution in [2.75, 3.05) is 5.32 Å². The van der Waals surface area contributed by atoms with Crippen molar-refractivity contribution in [2.45, 2.75) is 19.9 Å². The quantitative estimate of drug-likeness (QED) is 0.910. The highest BCUT2D eigenvalue weighted by Gasteiger charge is 2.19. The van der Waals surface area contributed by atoms with Crippen LogP contribution in [0.15, 0.2) is 30.3 Å². The number of amides is 1. The number of thiophene rings is 1. The van der Waals surface area contributed by atoms with E-state index in [9.17, 15) is 4.79 Å². The summed E-state index contributed by atoms with van der Waals surface area (Å²) < 4.78 is 0. The lowest BCUT2D eigenvalue weighted by Gasteiger charge is -2.11. The van der Waals surface area contributed by atoms with E-state index in [-0.39, 0.29) is 5.91 Å². The first kappa shape index (κ1) is 14.3. The van der Waals surface area contributed by atoms with E-state index in [0.29, 0.717) is 10.6 Å². The maximum atomic E-state index is 12.2. The molecular formula is C15H15N3OS. The van der Waals surface area contributed by atoms with Gasteiger partial charge in [-0.2, -0.15) is 5.26 Å². The molecule has 0 saturated heterocycles. The van der Waals surface area contributed by atoms with Gasteiger partial charge in [0.25, 0.3) is 0 Å². The molecule has 0 aliphatic rings. The number of hydrogen-bond acceptors (Lipinski definition) is 4. The fraction of sp³-hybridized carbons (Fsp3) is 0.200. The van der Waals surface area contributed by atoms with Crippen molar-refractivity contribution < 1.29 is 4.79 Å². The maximum absolute atomic E-state index is 12.2. The second kappa shape index (κ2) is 5.87. The van der Waals surface area contributed by atoms with Gasteiger partial charge in [0.15, 0.2) is 0 Å². The number of aryl methyl sites for hydroxylation is 1. The van der Waals surface area contributed by atoms with E-state index in [1.54, 1.807) is 12.1 Å². The Balaban J connectivity index is 2.21. The van der Waals surface area contributed by atoms with Crippen LogP contribution in [-0.2, 0) is 4.79 Å². The van der Waals surface area contributed by atoms with Gasteiger partial charge in [0.2, 0.25) is 5.91 Å². The van der Waals surface area contributed by atoms with Crippen LogP contribution in [0.5, 0.6) is 0 Å². The lowest BCUT2D eigenvalue weighted by molar-refractivity contribution is -0.117. The zero-order valence-corrected chi connectivity index (χ0v) is 12.1. The maximum Gasteiger partial charge on any atom is 0.246 e. The summed E-state index contributed by atoms with van der Waals surface area (Å²) in [6.45, 7) is 3.80. The second-order valence-corrected chi connectivity index (χ2v) is 5.70. The van der Waals surface area contributed by atoms with Gasteiger partial charge in [-0.3, -0.25) is 4.79 Å². The summed E-state index contributed by atoms with van der Waals surface area (Å²) in [6.07, 6.45) is 0. The minimum atomic E-state index is -0.745. The zero-order valence-electron chi connectivity index (χ0n) is 11.3. The molecule has 0 aliphatic heterocycles. The van der Waals surface area contributed by atoms with E-state index >= 15 is 0 Å². The van der Waals surface area contributed by atoms with Crippen molar-refractivity contribution in [1.82, 2.24) is 0 Å². The van der Waals surface area contributed by atoms with Crippen LogP contribution in [0.2, 0.25) is 0 Å². The average Bonchev–Trinajstić information content (AvgIpc) is 2.73. The number of nitrogens with one attached hydrogen (secondary N) is 1. The number of anilines is 1. The van der Waals surface area contributed by atoms with E-state index in [4.69, 9.17) is 11.0 Å². The van der Waals surface area contributed by atoms with Gasteiger partial charge in [-0.1, -0.05) is 30.3 Å². The van der Waals surface area contributed by atoms with E-state index in [1.807, 2.05) is 32.0 Å². The molecule has 1 aromatic carbocycles. The van der Waals surface area contributed by atoms with E-state index in [0.717, 1.165) is 16.0 Å². The highest BCUT2D eigenvalue weighted by molar-refractivity contribution is 7.16. The molecule has 0 bridgehead atoms. The van der Waals surface area contributed by atoms with Crippen LogP contribution in [-0.4, -0.2) is 5.91 Å². The van der Waals surface area contributed by atoms with E-state index in [1.165, 1.54) is 11.3 Å². The monoisotopic (exact) mass is 285 g/mol. The van der Waals surface area contributed by atoms with E-state index < -0.39 is 6.04 Å². The lowest BCUT2D eigenvalue weighted by atomic mass is 10.1. The van der Waals surface area contributed by atoms with Crippen LogP contribution < -0.4 is 11.1 Å². The van der Waals surface area contributed by atoms with Crippen LogP contribution in [0.4, 0.5) is 5.00 Å². The normalized spacial score (nSPS) is 11.7. The predicted molar refractivity (Wildman–Crippen MR) is 80.5 cm³/mol. The van der Waals surface area contributed by atoms with Crippen LogP contribution in [0, 0.1) is 25.2 Å². The summed E-state index contributed by atoms with van der Waals surface area (Å²) in [5.41, 5.74) is 8.10. The fourth-order valence-corrected chi connectivity index (χ4v) is 2.86. The summed E-state index contributed by atoms with van der Waals surface area (Å²) in [5, 5.41) is 12.5. The summed E-state index contributed by atoms with van der Waals surface area (Å²) in [7, 11) is 0. The molecule has 0 saturated carbocycles. The molecule has 0 radical (unpaired) electrons. The smallest absolute Gasteiger partial charge is 0.246 e. The van der Waals surface area contributed by atoms with Crippen molar-refractivity contribution in [3.63, 3.8) is 0 Å². The number of carbonyl (C=O) groups excluding carboxylic acids is 1. The summed E-state index contributed by atoms with van der Waals surface area (Å²) in [5.74, 6) is -0.311. The molecule has 1 amide bonds. The topological polar surface area (TPSA) is 78.9 Å². The Labute approximate surface area is 121 Å². The van der Waals surface area contributed by atoms with Crippen molar-refractivity contribution in [2.24, 2.45) is 5.73 Å². The minimum absolute atomic E-state index is 0.311. The Morgan fingerprint density at radius 1 is 1.35 bits per heavy atom. The Morgan fingerprint density at radius 3 is 2.60 bits per heavy atom. The first-order valence-electron chi connectivity index (χ1n) is 6.16. The summed E-state index contributed by atoms with van der Waals surface area (Å²) in [4.78, 5) is 13.2. The van der Waals surface area contributed by atoms with Gasteiger partial charge in [0.1, 0.15) is 17.1 Å². The summed E-state index contributed by atoms with van der Waals surface area (Å²) in [6, 6.07) is 10.5. The zero-order chi connectivity index (χ0) is 14.7. The number of nitrogens with two attached hydrogens (primary N) is 1. The largest absolute Gasteiger partial charge is 0.316 e. The molecule has 0 spiro atoms. The van der Waals surface area contributed by atoms with E-state index in [2.05, 4.69) is 11.4 Å². The number of nitrogens with zero attached hydrogens (tertiary/aromatic N) is 1. The van der Waals surface area contributed by atoms with Gasteiger partial charge < -0.3 is 11.1 Å². The molecular weight excluding hydrogens is 270 g/mol. The average molecular weight is 285 g/mol. The number of rotatable bonds is 3. The SMILES string of the molecule is Cc1sc(NC(=O)C(N)c2ccccc2)c(C#N)c1C. The van der Waals surface area contributed by atoms with Crippen molar-refractivity contribution in [3.8, 4) is 6.07 Å². The van der Waals surface area contributed by atoms with Crippen LogP contribution >= 0.6 is 11.3 Å². The molecule has 1 aromatic heterocycles. The van der Waals surface area contributed by atoms with Gasteiger partial charge in [0.05, 0.1) is 5.56 Å². The number of carbonyl (C=O) groups is 1. The number of hydrogen-bond donors (Lipinski definition) is 2. The van der Waals surface area contributed by atoms with Crippen molar-refractivity contribution in [1.29, 1.82) is 5.26 Å². The number of benzene rings is 1. The molecule has 0 aliphatic carbocycles. The standard InChI is InChI=1S/C15H15N3OS/c1-9-10(2)20-15(12(9)8-16)18-14(19)13(17)11-6-4-3-5-7-11/h3-7,13H,17H2,1-2H3,(H,18,19). The molecule has 2 aromatic rings. The lowest BCUT2D eigenvalue weighted by Crippen LogP contribution is -2.27. The predicted octanol–water partition coefficient (Wildman–Crippen LogP) is 2.88. The van der Waals surface area contributed by atoms with Crippen molar-refractivity contribution in [3.05, 3.63) is 51.9 Å². The third-order valence-corrected chi connectivity index (χ3v) is 4.30. The molecule has 2 rings (SSSR count). The van der Waals surface area contributed by atoms with Gasteiger partial charge >= 0.3 is 0 Å². The summed E-state index contributed by atoms with van der Waals surface area (Å²) >= 11 is 1.40. The van der Waals surface area contributed by atoms with Gasteiger partial charge in [-0.15, -0.1) is 11.3 Å². The van der Waals surface area contributed by atoms with Gasteiger partial charge in [0, 0.05) is 4.88 Å². The molecule has 1 atom stereocenters. The molecule has 20 heavy (non-hydrogen) atoms. The Kier molecular flexibility index (Phi) is 4.18. The molecule has 4 nitrogen and oxygen atoms in total. The van der Waals surface area contributed by atoms with Crippen LogP contribution in [0.25, 0.3) is 0 Å². The Morgan fingerprint density at radius 2 is 2.00 bits per heavy atom. The third kappa shape index (κ3) is 2.72. The Hall–Kier alpha value is -2.16. The minimum Gasteiger partial charge on any atom is -0.316 e. The molecule has 1 unspecified atom stereocenters. The highest BCUT2D eigenvalue weighted by Crippen LogP contribution is 2.32. The molecule has 3 N–H and O–H groups in total. The van der Waals surface area contributed by atoms with Gasteiger partial charge in [-0.25, -0.2) is 0 Å².